The topological polar surface area (TPSA) is 72.9 Å². The van der Waals surface area contributed by atoms with E-state index in [1.54, 1.807) is 0 Å². The van der Waals surface area contributed by atoms with Gasteiger partial charge in [-0.05, 0) is 33.6 Å². The fourth-order valence-electron chi connectivity index (χ4n) is 2.95. The first-order valence-corrected chi connectivity index (χ1v) is 8.18. The molecule has 2 saturated heterocycles. The van der Waals surface area contributed by atoms with Gasteiger partial charge in [0.25, 0.3) is 0 Å². The first-order valence-electron chi connectivity index (χ1n) is 7.13. The highest BCUT2D eigenvalue weighted by Crippen LogP contribution is 2.29. The number of hydrogen-bond acceptors (Lipinski definition) is 4. The molecule has 7 heteroatoms. The molecule has 2 rings (SSSR count). The molecule has 0 aromatic heterocycles. The van der Waals surface area contributed by atoms with E-state index in [0.717, 1.165) is 12.8 Å². The second-order valence-electron chi connectivity index (χ2n) is 5.65. The highest BCUT2D eigenvalue weighted by Gasteiger charge is 2.40. The molecule has 0 aliphatic carbocycles. The van der Waals surface area contributed by atoms with Crippen molar-refractivity contribution in [1.29, 1.82) is 0 Å². The van der Waals surface area contributed by atoms with Crippen LogP contribution in [0.5, 0.6) is 0 Å². The van der Waals surface area contributed by atoms with Crippen molar-refractivity contribution in [3.63, 3.8) is 0 Å². The molecule has 2 fully saturated rings. The molecule has 2 N–H and O–H groups in total. The number of aliphatic carboxylic acids is 1. The average molecular weight is 301 g/mol. The lowest BCUT2D eigenvalue weighted by molar-refractivity contribution is -0.141. The van der Waals surface area contributed by atoms with Crippen LogP contribution in [-0.2, 0) is 4.79 Å². The summed E-state index contributed by atoms with van der Waals surface area (Å²) in [5.74, 6) is -0.480. The van der Waals surface area contributed by atoms with E-state index < -0.39 is 12.0 Å². The Morgan fingerprint density at radius 2 is 1.80 bits per heavy atom. The molecule has 4 atom stereocenters. The van der Waals surface area contributed by atoms with Crippen LogP contribution in [0.2, 0.25) is 0 Å². The number of carboxylic acid groups (broad SMARTS) is 1. The highest BCUT2D eigenvalue weighted by atomic mass is 32.2. The highest BCUT2D eigenvalue weighted by molar-refractivity contribution is 8.00. The van der Waals surface area contributed by atoms with Gasteiger partial charge in [-0.15, -0.1) is 11.8 Å². The van der Waals surface area contributed by atoms with Gasteiger partial charge < -0.3 is 5.11 Å². The van der Waals surface area contributed by atoms with Crippen molar-refractivity contribution in [3.8, 4) is 0 Å². The summed E-state index contributed by atoms with van der Waals surface area (Å²) < 4.78 is 0. The summed E-state index contributed by atoms with van der Waals surface area (Å²) >= 11 is 1.50. The number of carboxylic acids is 1. The second-order valence-corrected chi connectivity index (χ2v) is 7.00. The number of urea groups is 1. The maximum absolute atomic E-state index is 12.4. The summed E-state index contributed by atoms with van der Waals surface area (Å²) in [5, 5.41) is 11.1. The molecule has 0 saturated carbocycles. The zero-order valence-corrected chi connectivity index (χ0v) is 13.0. The van der Waals surface area contributed by atoms with E-state index in [1.165, 1.54) is 23.1 Å². The lowest BCUT2D eigenvalue weighted by Gasteiger charge is -2.40. The fourth-order valence-corrected chi connectivity index (χ4v) is 4.12. The van der Waals surface area contributed by atoms with Gasteiger partial charge in [-0.1, -0.05) is 6.42 Å². The SMILES string of the molecule is CC1CCCC(C)N1NC(=O)N1C(C)SCC1C(=O)O. The number of hydrogen-bond donors (Lipinski definition) is 2. The minimum Gasteiger partial charge on any atom is -0.480 e. The predicted octanol–water partition coefficient (Wildman–Crippen LogP) is 1.72. The number of piperidine rings is 1. The Labute approximate surface area is 123 Å². The third kappa shape index (κ3) is 3.03. The van der Waals surface area contributed by atoms with Gasteiger partial charge in [0.1, 0.15) is 6.04 Å². The number of nitrogens with one attached hydrogen (secondary N) is 1. The van der Waals surface area contributed by atoms with Crippen LogP contribution in [0.15, 0.2) is 0 Å². The van der Waals surface area contributed by atoms with Crippen molar-refractivity contribution in [2.24, 2.45) is 0 Å². The molecule has 20 heavy (non-hydrogen) atoms. The predicted molar refractivity (Wildman–Crippen MR) is 78.3 cm³/mol. The molecular weight excluding hydrogens is 278 g/mol. The van der Waals surface area contributed by atoms with Crippen molar-refractivity contribution in [3.05, 3.63) is 0 Å². The quantitative estimate of drug-likeness (QED) is 0.812. The van der Waals surface area contributed by atoms with E-state index in [-0.39, 0.29) is 23.5 Å². The van der Waals surface area contributed by atoms with Crippen molar-refractivity contribution < 1.29 is 14.7 Å². The smallest absolute Gasteiger partial charge is 0.333 e. The lowest BCUT2D eigenvalue weighted by Crippen LogP contribution is -2.59. The third-order valence-electron chi connectivity index (χ3n) is 4.16. The van der Waals surface area contributed by atoms with Crippen molar-refractivity contribution in [1.82, 2.24) is 15.3 Å². The molecule has 114 valence electrons. The minimum atomic E-state index is -0.934. The molecule has 2 aliphatic heterocycles. The van der Waals surface area contributed by atoms with Crippen LogP contribution in [0.4, 0.5) is 4.79 Å². The molecule has 0 spiro atoms. The molecule has 6 nitrogen and oxygen atoms in total. The number of carbonyl (C=O) groups is 2. The van der Waals surface area contributed by atoms with E-state index in [2.05, 4.69) is 19.3 Å². The van der Waals surface area contributed by atoms with Gasteiger partial charge in [0.2, 0.25) is 0 Å². The first-order chi connectivity index (χ1) is 9.41. The maximum Gasteiger partial charge on any atom is 0.333 e. The standard InChI is InChI=1S/C13H23N3O3S/c1-8-5-4-6-9(2)16(8)14-13(19)15-10(3)20-7-11(15)12(17)18/h8-11H,4-7H2,1-3H3,(H,14,19)(H,17,18). The van der Waals surface area contributed by atoms with Crippen LogP contribution in [0.3, 0.4) is 0 Å². The van der Waals surface area contributed by atoms with E-state index in [0.29, 0.717) is 5.75 Å². The number of thioether (sulfide) groups is 1. The lowest BCUT2D eigenvalue weighted by atomic mass is 10.00. The average Bonchev–Trinajstić information content (AvgIpc) is 2.76. The van der Waals surface area contributed by atoms with Crippen LogP contribution < -0.4 is 5.43 Å². The zero-order valence-electron chi connectivity index (χ0n) is 12.2. The Balaban J connectivity index is 2.04. The Kier molecular flexibility index (Phi) is 4.80. The van der Waals surface area contributed by atoms with E-state index >= 15 is 0 Å². The fraction of sp³-hybridized carbons (Fsp3) is 0.846. The van der Waals surface area contributed by atoms with Crippen LogP contribution in [-0.4, -0.2) is 56.3 Å². The third-order valence-corrected chi connectivity index (χ3v) is 5.38. The number of carbonyl (C=O) groups excluding carboxylic acids is 1. The minimum absolute atomic E-state index is 0.105. The van der Waals surface area contributed by atoms with Gasteiger partial charge in [0.15, 0.2) is 0 Å². The Morgan fingerprint density at radius 3 is 2.35 bits per heavy atom. The largest absolute Gasteiger partial charge is 0.480 e. The van der Waals surface area contributed by atoms with Gasteiger partial charge in [-0.2, -0.15) is 0 Å². The second kappa shape index (κ2) is 6.22. The van der Waals surface area contributed by atoms with Crippen molar-refractivity contribution in [2.45, 2.75) is 63.5 Å². The molecule has 0 aromatic carbocycles. The van der Waals surface area contributed by atoms with Crippen LogP contribution in [0, 0.1) is 0 Å². The molecule has 2 aliphatic rings. The van der Waals surface area contributed by atoms with Crippen LogP contribution in [0.1, 0.15) is 40.0 Å². The number of hydrazine groups is 1. The molecule has 0 radical (unpaired) electrons. The number of rotatable bonds is 2. The van der Waals surface area contributed by atoms with Crippen molar-refractivity contribution in [2.75, 3.05) is 5.75 Å². The summed E-state index contributed by atoms with van der Waals surface area (Å²) in [4.78, 5) is 25.1. The summed E-state index contributed by atoms with van der Waals surface area (Å²) in [6, 6.07) is -0.450. The van der Waals surface area contributed by atoms with Gasteiger partial charge in [0.05, 0.1) is 5.37 Å². The molecule has 2 amide bonds. The van der Waals surface area contributed by atoms with E-state index in [4.69, 9.17) is 0 Å². The van der Waals surface area contributed by atoms with E-state index in [9.17, 15) is 14.7 Å². The monoisotopic (exact) mass is 301 g/mol. The first kappa shape index (κ1) is 15.4. The molecular formula is C13H23N3O3S. The Bertz CT molecular complexity index is 383. The molecule has 0 aromatic rings. The summed E-state index contributed by atoms with van der Waals surface area (Å²) in [7, 11) is 0. The normalized spacial score (nSPS) is 35.0. The number of amides is 2. The summed E-state index contributed by atoms with van der Waals surface area (Å²) in [5.41, 5.74) is 2.92. The van der Waals surface area contributed by atoms with Gasteiger partial charge >= 0.3 is 12.0 Å². The van der Waals surface area contributed by atoms with Crippen LogP contribution in [0.25, 0.3) is 0 Å². The number of nitrogens with zero attached hydrogens (tertiary/aromatic N) is 2. The summed E-state index contributed by atoms with van der Waals surface area (Å²) in [6.07, 6.45) is 3.27. The maximum atomic E-state index is 12.4. The Morgan fingerprint density at radius 1 is 1.20 bits per heavy atom. The Hall–Kier alpha value is -0.950. The summed E-state index contributed by atoms with van der Waals surface area (Å²) in [6.45, 7) is 6.05. The van der Waals surface area contributed by atoms with Gasteiger partial charge in [-0.3, -0.25) is 10.3 Å². The van der Waals surface area contributed by atoms with Crippen molar-refractivity contribution >= 4 is 23.8 Å². The molecule has 0 bridgehead atoms. The van der Waals surface area contributed by atoms with E-state index in [1.807, 2.05) is 11.9 Å². The molecule has 2 heterocycles. The molecule has 4 unspecified atom stereocenters. The zero-order chi connectivity index (χ0) is 14.9. The van der Waals surface area contributed by atoms with Crippen LogP contribution >= 0.6 is 11.8 Å². The van der Waals surface area contributed by atoms with Gasteiger partial charge in [0, 0.05) is 17.8 Å². The van der Waals surface area contributed by atoms with Gasteiger partial charge in [-0.25, -0.2) is 14.6 Å².